The molecular formula is C20H24. The minimum Gasteiger partial charge on any atom is -0.120 e. The number of hydrogen-bond donors (Lipinski definition) is 0. The average molecular weight is 264 g/mol. The van der Waals surface area contributed by atoms with E-state index >= 15 is 0 Å². The molecule has 4 aliphatic carbocycles. The largest absolute Gasteiger partial charge is 0.120 e. The van der Waals surface area contributed by atoms with Crippen LogP contribution in [0, 0.1) is 35.5 Å². The van der Waals surface area contributed by atoms with E-state index in [2.05, 4.69) is 30.2 Å². The first-order chi connectivity index (χ1) is 9.84. The lowest BCUT2D eigenvalue weighted by atomic mass is 9.56. The van der Waals surface area contributed by atoms with Crippen molar-refractivity contribution in [1.29, 1.82) is 0 Å². The Morgan fingerprint density at radius 1 is 1.25 bits per heavy atom. The fraction of sp³-hybridized carbons (Fsp3) is 0.600. The molecule has 0 aromatic carbocycles. The third-order valence-corrected chi connectivity index (χ3v) is 6.37. The van der Waals surface area contributed by atoms with E-state index in [1.54, 1.807) is 11.1 Å². The number of allylic oxidation sites excluding steroid dienone is 6. The molecule has 20 heavy (non-hydrogen) atoms. The van der Waals surface area contributed by atoms with Crippen LogP contribution in [-0.2, 0) is 0 Å². The summed E-state index contributed by atoms with van der Waals surface area (Å²) in [4.78, 5) is 0. The molecule has 0 saturated heterocycles. The molecule has 0 radical (unpaired) electrons. The minimum absolute atomic E-state index is 0.193. The van der Waals surface area contributed by atoms with E-state index < -0.39 is 0 Å². The van der Waals surface area contributed by atoms with Gasteiger partial charge in [0.1, 0.15) is 0 Å². The zero-order valence-electron chi connectivity index (χ0n) is 12.3. The SMILES string of the molecule is C#CC[C@@]12C=CC=C1C1=CCC3CCCC[C@@H]3[C@H]1CC2. The van der Waals surface area contributed by atoms with Crippen LogP contribution in [0.25, 0.3) is 0 Å². The summed E-state index contributed by atoms with van der Waals surface area (Å²) in [6, 6.07) is 0. The lowest BCUT2D eigenvalue weighted by Crippen LogP contribution is -2.38. The fourth-order valence-corrected chi connectivity index (χ4v) is 5.42. The van der Waals surface area contributed by atoms with Crippen molar-refractivity contribution in [3.63, 3.8) is 0 Å². The third kappa shape index (κ3) is 1.69. The summed E-state index contributed by atoms with van der Waals surface area (Å²) in [5.41, 5.74) is 3.45. The van der Waals surface area contributed by atoms with Crippen molar-refractivity contribution in [3.05, 3.63) is 35.5 Å². The van der Waals surface area contributed by atoms with Gasteiger partial charge in [-0.15, -0.1) is 12.3 Å². The molecule has 0 aliphatic heterocycles. The zero-order valence-corrected chi connectivity index (χ0v) is 12.3. The van der Waals surface area contributed by atoms with Gasteiger partial charge < -0.3 is 0 Å². The molecule has 0 aromatic heterocycles. The quantitative estimate of drug-likeness (QED) is 0.582. The van der Waals surface area contributed by atoms with Gasteiger partial charge >= 0.3 is 0 Å². The van der Waals surface area contributed by atoms with Crippen LogP contribution in [-0.4, -0.2) is 0 Å². The lowest BCUT2D eigenvalue weighted by Gasteiger charge is -2.48. The molecular weight excluding hydrogens is 240 g/mol. The maximum atomic E-state index is 5.65. The molecule has 2 fully saturated rings. The summed E-state index contributed by atoms with van der Waals surface area (Å²) in [7, 11) is 0. The minimum atomic E-state index is 0.193. The molecule has 1 unspecified atom stereocenters. The topological polar surface area (TPSA) is 0 Å². The van der Waals surface area contributed by atoms with E-state index in [1.807, 2.05) is 0 Å². The second-order valence-electron chi connectivity index (χ2n) is 7.23. The van der Waals surface area contributed by atoms with Gasteiger partial charge in [0, 0.05) is 11.8 Å². The van der Waals surface area contributed by atoms with Gasteiger partial charge in [0.15, 0.2) is 0 Å². The first-order valence-corrected chi connectivity index (χ1v) is 8.38. The van der Waals surface area contributed by atoms with Gasteiger partial charge in [0.05, 0.1) is 0 Å². The predicted molar refractivity (Wildman–Crippen MR) is 84.0 cm³/mol. The van der Waals surface area contributed by atoms with Crippen LogP contribution in [0.1, 0.15) is 51.4 Å². The van der Waals surface area contributed by atoms with E-state index in [1.165, 1.54) is 44.9 Å². The standard InChI is InChI=1S/C20H24/c1-2-12-20-13-5-8-19(20)18-10-9-15-6-3-4-7-16(15)17(18)11-14-20/h1,5,8,10,13,15-17H,3-4,6-7,9,11-12,14H2/t15?,16-,17+,20-/m0/s1. The van der Waals surface area contributed by atoms with E-state index in [0.717, 1.165) is 24.2 Å². The molecule has 0 heterocycles. The van der Waals surface area contributed by atoms with E-state index in [4.69, 9.17) is 6.42 Å². The molecule has 0 amide bonds. The first-order valence-electron chi connectivity index (χ1n) is 8.38. The normalized spacial score (nSPS) is 41.9. The smallest absolute Gasteiger partial charge is 0.0247 e. The Morgan fingerprint density at radius 2 is 2.15 bits per heavy atom. The Balaban J connectivity index is 1.69. The Morgan fingerprint density at radius 3 is 3.05 bits per heavy atom. The second-order valence-corrected chi connectivity index (χ2v) is 7.23. The molecule has 0 nitrogen and oxygen atoms in total. The predicted octanol–water partition coefficient (Wildman–Crippen LogP) is 5.04. The maximum absolute atomic E-state index is 5.65. The molecule has 0 spiro atoms. The molecule has 0 heteroatoms. The van der Waals surface area contributed by atoms with Gasteiger partial charge in [0.25, 0.3) is 0 Å². The summed E-state index contributed by atoms with van der Waals surface area (Å²) in [5.74, 6) is 5.72. The van der Waals surface area contributed by atoms with Gasteiger partial charge in [-0.1, -0.05) is 37.1 Å². The van der Waals surface area contributed by atoms with E-state index in [9.17, 15) is 0 Å². The van der Waals surface area contributed by atoms with Crippen molar-refractivity contribution < 1.29 is 0 Å². The van der Waals surface area contributed by atoms with Crippen LogP contribution in [0.5, 0.6) is 0 Å². The van der Waals surface area contributed by atoms with Crippen LogP contribution in [0.4, 0.5) is 0 Å². The third-order valence-electron chi connectivity index (χ3n) is 6.37. The molecule has 0 bridgehead atoms. The molecule has 4 atom stereocenters. The van der Waals surface area contributed by atoms with Crippen molar-refractivity contribution in [3.8, 4) is 12.3 Å². The van der Waals surface area contributed by atoms with Gasteiger partial charge in [-0.25, -0.2) is 0 Å². The molecule has 2 saturated carbocycles. The monoisotopic (exact) mass is 264 g/mol. The highest BCUT2D eigenvalue weighted by molar-refractivity contribution is 5.51. The summed E-state index contributed by atoms with van der Waals surface area (Å²) < 4.78 is 0. The summed E-state index contributed by atoms with van der Waals surface area (Å²) in [5, 5.41) is 0. The Kier molecular flexibility index (Phi) is 2.92. The summed E-state index contributed by atoms with van der Waals surface area (Å²) in [6.07, 6.45) is 25.9. The number of hydrogen-bond acceptors (Lipinski definition) is 0. The number of terminal acetylenes is 1. The Bertz CT molecular complexity index is 539. The van der Waals surface area contributed by atoms with Crippen LogP contribution < -0.4 is 0 Å². The maximum Gasteiger partial charge on any atom is 0.0247 e. The lowest BCUT2D eigenvalue weighted by molar-refractivity contribution is 0.141. The van der Waals surface area contributed by atoms with Gasteiger partial charge in [-0.3, -0.25) is 0 Å². The second kappa shape index (κ2) is 4.66. The molecule has 4 rings (SSSR count). The van der Waals surface area contributed by atoms with E-state index in [-0.39, 0.29) is 5.41 Å². The van der Waals surface area contributed by atoms with Crippen molar-refractivity contribution in [2.45, 2.75) is 51.4 Å². The van der Waals surface area contributed by atoms with E-state index in [0.29, 0.717) is 0 Å². The van der Waals surface area contributed by atoms with Crippen molar-refractivity contribution >= 4 is 0 Å². The van der Waals surface area contributed by atoms with Crippen LogP contribution in [0.3, 0.4) is 0 Å². The van der Waals surface area contributed by atoms with Gasteiger partial charge in [-0.2, -0.15) is 0 Å². The van der Waals surface area contributed by atoms with Crippen LogP contribution >= 0.6 is 0 Å². The molecule has 104 valence electrons. The fourth-order valence-electron chi connectivity index (χ4n) is 5.42. The average Bonchev–Trinajstić information content (AvgIpc) is 2.91. The molecule has 0 aromatic rings. The Labute approximate surface area is 123 Å². The van der Waals surface area contributed by atoms with Crippen molar-refractivity contribution in [1.82, 2.24) is 0 Å². The highest BCUT2D eigenvalue weighted by atomic mass is 14.5. The first kappa shape index (κ1) is 12.5. The highest BCUT2D eigenvalue weighted by Crippen LogP contribution is 2.58. The van der Waals surface area contributed by atoms with Crippen LogP contribution in [0.15, 0.2) is 35.5 Å². The number of rotatable bonds is 1. The Hall–Kier alpha value is -1.22. The highest BCUT2D eigenvalue weighted by Gasteiger charge is 2.46. The summed E-state index contributed by atoms with van der Waals surface area (Å²) in [6.45, 7) is 0. The van der Waals surface area contributed by atoms with Crippen molar-refractivity contribution in [2.75, 3.05) is 0 Å². The molecule has 0 N–H and O–H groups in total. The molecule has 4 aliphatic rings. The zero-order chi connectivity index (χ0) is 13.6. The van der Waals surface area contributed by atoms with Crippen LogP contribution in [0.2, 0.25) is 0 Å². The summed E-state index contributed by atoms with van der Waals surface area (Å²) >= 11 is 0. The number of fused-ring (bicyclic) bond motifs is 5. The van der Waals surface area contributed by atoms with Gasteiger partial charge in [-0.05, 0) is 61.0 Å². The van der Waals surface area contributed by atoms with Gasteiger partial charge in [0.2, 0.25) is 0 Å². The van der Waals surface area contributed by atoms with Crippen molar-refractivity contribution in [2.24, 2.45) is 23.2 Å².